The predicted octanol–water partition coefficient (Wildman–Crippen LogP) is 1.98. The number of hydrogen-bond donors (Lipinski definition) is 1. The summed E-state index contributed by atoms with van der Waals surface area (Å²) in [5, 5.41) is 5.50. The van der Waals surface area contributed by atoms with E-state index in [1.54, 1.807) is 0 Å². The third-order valence-corrected chi connectivity index (χ3v) is 3.94. The Morgan fingerprint density at radius 2 is 2.29 bits per heavy atom. The van der Waals surface area contributed by atoms with Crippen molar-refractivity contribution in [1.82, 2.24) is 14.7 Å². The number of benzene rings is 1. The Labute approximate surface area is 125 Å². The number of morpholine rings is 1. The van der Waals surface area contributed by atoms with Crippen LogP contribution in [0.15, 0.2) is 24.4 Å². The number of anilines is 1. The SMILES string of the molecule is CC(C)CN1CCOC(Cn2ncc3c(N)cccc32)C1. The standard InChI is InChI=1S/C16H24N4O/c1-12(2)9-19-6-7-21-13(10-19)11-20-16-5-3-4-15(17)14(16)8-18-20/h3-5,8,12-13H,6-7,9-11,17H2,1-2H3. The van der Waals surface area contributed by atoms with Gasteiger partial charge in [0.2, 0.25) is 0 Å². The Morgan fingerprint density at radius 1 is 1.43 bits per heavy atom. The quantitative estimate of drug-likeness (QED) is 0.874. The molecule has 1 aromatic heterocycles. The minimum atomic E-state index is 0.196. The average Bonchev–Trinajstić information content (AvgIpc) is 2.83. The van der Waals surface area contributed by atoms with Gasteiger partial charge in [-0.25, -0.2) is 0 Å². The molecule has 0 aliphatic carbocycles. The number of nitrogens with two attached hydrogens (primary N) is 1. The average molecular weight is 288 g/mol. The number of hydrogen-bond acceptors (Lipinski definition) is 4. The van der Waals surface area contributed by atoms with Gasteiger partial charge in [-0.05, 0) is 18.1 Å². The Morgan fingerprint density at radius 3 is 3.10 bits per heavy atom. The zero-order valence-electron chi connectivity index (χ0n) is 12.8. The van der Waals surface area contributed by atoms with Gasteiger partial charge in [0.05, 0.1) is 31.0 Å². The Kier molecular flexibility index (Phi) is 4.12. The van der Waals surface area contributed by atoms with E-state index < -0.39 is 0 Å². The van der Waals surface area contributed by atoms with E-state index in [2.05, 4.69) is 29.9 Å². The first-order chi connectivity index (χ1) is 10.1. The lowest BCUT2D eigenvalue weighted by Crippen LogP contribution is -2.45. The van der Waals surface area contributed by atoms with Crippen molar-refractivity contribution in [2.45, 2.75) is 26.5 Å². The fraction of sp³-hybridized carbons (Fsp3) is 0.562. The number of nitrogen functional groups attached to an aromatic ring is 1. The van der Waals surface area contributed by atoms with Crippen LogP contribution in [0.3, 0.4) is 0 Å². The van der Waals surface area contributed by atoms with E-state index in [1.807, 2.05) is 23.0 Å². The molecule has 2 heterocycles. The second kappa shape index (κ2) is 6.03. The Hall–Kier alpha value is -1.59. The second-order valence-corrected chi connectivity index (χ2v) is 6.25. The molecule has 0 radical (unpaired) electrons. The van der Waals surface area contributed by atoms with Crippen LogP contribution in [-0.4, -0.2) is 47.0 Å². The van der Waals surface area contributed by atoms with Crippen LogP contribution in [0.1, 0.15) is 13.8 Å². The third kappa shape index (κ3) is 3.19. The fourth-order valence-corrected chi connectivity index (χ4v) is 3.04. The minimum absolute atomic E-state index is 0.196. The van der Waals surface area contributed by atoms with Crippen LogP contribution in [-0.2, 0) is 11.3 Å². The van der Waals surface area contributed by atoms with Gasteiger partial charge >= 0.3 is 0 Å². The highest BCUT2D eigenvalue weighted by Gasteiger charge is 2.22. The van der Waals surface area contributed by atoms with E-state index in [1.165, 1.54) is 0 Å². The lowest BCUT2D eigenvalue weighted by atomic mass is 10.1. The van der Waals surface area contributed by atoms with E-state index in [-0.39, 0.29) is 6.10 Å². The highest BCUT2D eigenvalue weighted by Crippen LogP contribution is 2.21. The summed E-state index contributed by atoms with van der Waals surface area (Å²) in [5.41, 5.74) is 7.85. The normalized spacial score (nSPS) is 20.4. The summed E-state index contributed by atoms with van der Waals surface area (Å²) in [4.78, 5) is 2.49. The molecule has 0 amide bonds. The molecule has 0 spiro atoms. The van der Waals surface area contributed by atoms with Crippen molar-refractivity contribution >= 4 is 16.6 Å². The lowest BCUT2D eigenvalue weighted by molar-refractivity contribution is -0.0398. The number of rotatable bonds is 4. The highest BCUT2D eigenvalue weighted by molar-refractivity contribution is 5.90. The van der Waals surface area contributed by atoms with Crippen molar-refractivity contribution in [2.75, 3.05) is 32.0 Å². The maximum Gasteiger partial charge on any atom is 0.0898 e. The smallest absolute Gasteiger partial charge is 0.0898 e. The first-order valence-electron chi connectivity index (χ1n) is 7.67. The third-order valence-electron chi connectivity index (χ3n) is 3.94. The number of ether oxygens (including phenoxy) is 1. The molecule has 3 rings (SSSR count). The molecule has 21 heavy (non-hydrogen) atoms. The van der Waals surface area contributed by atoms with Crippen LogP contribution in [0.4, 0.5) is 5.69 Å². The van der Waals surface area contributed by atoms with Crippen LogP contribution in [0.2, 0.25) is 0 Å². The minimum Gasteiger partial charge on any atom is -0.398 e. The van der Waals surface area contributed by atoms with Crippen molar-refractivity contribution in [2.24, 2.45) is 5.92 Å². The van der Waals surface area contributed by atoms with E-state index in [9.17, 15) is 0 Å². The van der Waals surface area contributed by atoms with Crippen molar-refractivity contribution in [3.05, 3.63) is 24.4 Å². The molecule has 2 N–H and O–H groups in total. The first kappa shape index (κ1) is 14.4. The summed E-state index contributed by atoms with van der Waals surface area (Å²) in [6.45, 7) is 9.23. The molecule has 1 saturated heterocycles. The molecular weight excluding hydrogens is 264 g/mol. The summed E-state index contributed by atoms with van der Waals surface area (Å²) in [6.07, 6.45) is 2.04. The molecule has 1 fully saturated rings. The van der Waals surface area contributed by atoms with E-state index in [0.29, 0.717) is 5.92 Å². The van der Waals surface area contributed by atoms with Gasteiger partial charge < -0.3 is 10.5 Å². The van der Waals surface area contributed by atoms with Gasteiger partial charge in [-0.1, -0.05) is 19.9 Å². The maximum absolute atomic E-state index is 5.99. The Balaban J connectivity index is 1.71. The summed E-state index contributed by atoms with van der Waals surface area (Å²) >= 11 is 0. The van der Waals surface area contributed by atoms with Crippen molar-refractivity contribution < 1.29 is 4.74 Å². The molecular formula is C16H24N4O. The number of aromatic nitrogens is 2. The first-order valence-corrected chi connectivity index (χ1v) is 7.67. The zero-order valence-corrected chi connectivity index (χ0v) is 12.8. The van der Waals surface area contributed by atoms with Crippen molar-refractivity contribution in [1.29, 1.82) is 0 Å². The van der Waals surface area contributed by atoms with E-state index >= 15 is 0 Å². The topological polar surface area (TPSA) is 56.3 Å². The molecule has 1 unspecified atom stereocenters. The van der Waals surface area contributed by atoms with Gasteiger partial charge in [0.25, 0.3) is 0 Å². The van der Waals surface area contributed by atoms with Gasteiger partial charge in [-0.2, -0.15) is 5.10 Å². The summed E-state index contributed by atoms with van der Waals surface area (Å²) < 4.78 is 7.92. The molecule has 5 nitrogen and oxygen atoms in total. The molecule has 1 aliphatic heterocycles. The van der Waals surface area contributed by atoms with Gasteiger partial charge in [-0.3, -0.25) is 9.58 Å². The maximum atomic E-state index is 5.99. The molecule has 2 aromatic rings. The van der Waals surface area contributed by atoms with Crippen LogP contribution in [0, 0.1) is 5.92 Å². The molecule has 0 saturated carbocycles. The van der Waals surface area contributed by atoms with E-state index in [0.717, 1.165) is 49.4 Å². The van der Waals surface area contributed by atoms with Gasteiger partial charge in [0.15, 0.2) is 0 Å². The molecule has 114 valence electrons. The molecule has 1 aromatic carbocycles. The van der Waals surface area contributed by atoms with Gasteiger partial charge in [-0.15, -0.1) is 0 Å². The van der Waals surface area contributed by atoms with Crippen LogP contribution < -0.4 is 5.73 Å². The lowest BCUT2D eigenvalue weighted by Gasteiger charge is -2.33. The molecule has 5 heteroatoms. The molecule has 0 bridgehead atoms. The highest BCUT2D eigenvalue weighted by atomic mass is 16.5. The molecule has 1 atom stereocenters. The van der Waals surface area contributed by atoms with Crippen LogP contribution in [0.5, 0.6) is 0 Å². The van der Waals surface area contributed by atoms with Crippen LogP contribution in [0.25, 0.3) is 10.9 Å². The zero-order chi connectivity index (χ0) is 14.8. The van der Waals surface area contributed by atoms with Crippen LogP contribution >= 0.6 is 0 Å². The summed E-state index contributed by atoms with van der Waals surface area (Å²) in [6, 6.07) is 5.95. The number of fused-ring (bicyclic) bond motifs is 1. The van der Waals surface area contributed by atoms with Crippen molar-refractivity contribution in [3.63, 3.8) is 0 Å². The van der Waals surface area contributed by atoms with Gasteiger partial charge in [0.1, 0.15) is 0 Å². The second-order valence-electron chi connectivity index (χ2n) is 6.25. The number of nitrogens with zero attached hydrogens (tertiary/aromatic N) is 3. The molecule has 1 aliphatic rings. The summed E-state index contributed by atoms with van der Waals surface area (Å²) in [5.74, 6) is 0.689. The fourth-order valence-electron chi connectivity index (χ4n) is 3.04. The Bertz CT molecular complexity index is 607. The summed E-state index contributed by atoms with van der Waals surface area (Å²) in [7, 11) is 0. The van der Waals surface area contributed by atoms with Crippen molar-refractivity contribution in [3.8, 4) is 0 Å². The largest absolute Gasteiger partial charge is 0.398 e. The monoisotopic (exact) mass is 288 g/mol. The predicted molar refractivity (Wildman–Crippen MR) is 85.2 cm³/mol. The van der Waals surface area contributed by atoms with Gasteiger partial charge in [0, 0.05) is 30.7 Å². The van der Waals surface area contributed by atoms with E-state index in [4.69, 9.17) is 10.5 Å².